The maximum Gasteiger partial charge on any atom is 0.344 e. The van der Waals surface area contributed by atoms with E-state index >= 15 is 0 Å². The van der Waals surface area contributed by atoms with Gasteiger partial charge in [0.2, 0.25) is 0 Å². The molecule has 0 saturated carbocycles. The molecule has 0 amide bonds. The number of hydrogen-bond donors (Lipinski definition) is 2. The predicted molar refractivity (Wildman–Crippen MR) is 84.8 cm³/mol. The second-order valence-electron chi connectivity index (χ2n) is 4.60. The lowest BCUT2D eigenvalue weighted by Gasteiger charge is -2.15. The second-order valence-corrected chi connectivity index (χ2v) is 6.44. The van der Waals surface area contributed by atoms with Crippen LogP contribution in [0.25, 0.3) is 10.1 Å². The smallest absolute Gasteiger partial charge is 0.344 e. The molecule has 2 N–H and O–H groups in total. The second kappa shape index (κ2) is 6.40. The van der Waals surface area contributed by atoms with Crippen LogP contribution in [0, 0.1) is 0 Å². The van der Waals surface area contributed by atoms with Gasteiger partial charge in [0.05, 0.1) is 15.8 Å². The molecule has 0 aliphatic heterocycles. The first kappa shape index (κ1) is 16.4. The molecular formula is C14H14Cl2O4S. The molecule has 2 aromatic rings. The van der Waals surface area contributed by atoms with Crippen molar-refractivity contribution in [3.63, 3.8) is 0 Å². The van der Waals surface area contributed by atoms with Crippen LogP contribution in [0.2, 0.25) is 10.0 Å². The Labute approximate surface area is 135 Å². The van der Waals surface area contributed by atoms with Gasteiger partial charge < -0.3 is 14.9 Å². The number of ether oxygens (including phenoxy) is 1. The zero-order chi connectivity index (χ0) is 15.7. The van der Waals surface area contributed by atoms with Crippen LogP contribution in [-0.2, 0) is 4.79 Å². The van der Waals surface area contributed by atoms with E-state index in [1.807, 2.05) is 0 Å². The highest BCUT2D eigenvalue weighted by molar-refractivity contribution is 7.19. The Morgan fingerprint density at radius 2 is 2.05 bits per heavy atom. The lowest BCUT2D eigenvalue weighted by atomic mass is 10.2. The number of fused-ring (bicyclic) bond motifs is 1. The molecule has 0 saturated heterocycles. The summed E-state index contributed by atoms with van der Waals surface area (Å²) in [6.45, 7) is 3.37. The van der Waals surface area contributed by atoms with Crippen molar-refractivity contribution in [1.82, 2.24) is 0 Å². The first-order valence-corrected chi connectivity index (χ1v) is 7.91. The van der Waals surface area contributed by atoms with Gasteiger partial charge >= 0.3 is 5.97 Å². The molecule has 1 aromatic carbocycles. The normalized spacial score (nSPS) is 14.1. The third-order valence-electron chi connectivity index (χ3n) is 3.00. The number of carboxylic acids is 1. The first-order valence-electron chi connectivity index (χ1n) is 6.34. The standard InChI is InChI=1S/C14H14Cl2O4S/c1-3-8(14(18)19)20-9-4-7-5-10(6(2)17)21-13(7)12(16)11(9)15/h4-6,8,17H,3H2,1-2H3,(H,18,19). The summed E-state index contributed by atoms with van der Waals surface area (Å²) in [4.78, 5) is 11.8. The van der Waals surface area contributed by atoms with E-state index in [-0.39, 0.29) is 10.8 Å². The SMILES string of the molecule is CCC(Oc1cc2cc(C(C)O)sc2c(Cl)c1Cl)C(=O)O. The maximum absolute atomic E-state index is 11.1. The molecule has 0 spiro atoms. The van der Waals surface area contributed by atoms with E-state index in [0.29, 0.717) is 11.4 Å². The summed E-state index contributed by atoms with van der Waals surface area (Å²) >= 11 is 13.7. The predicted octanol–water partition coefficient (Wildman–Crippen LogP) is 4.50. The van der Waals surface area contributed by atoms with Crippen molar-refractivity contribution >= 4 is 50.6 Å². The highest BCUT2D eigenvalue weighted by Crippen LogP contribution is 2.43. The molecule has 2 atom stereocenters. The van der Waals surface area contributed by atoms with E-state index in [1.54, 1.807) is 26.0 Å². The molecular weight excluding hydrogens is 335 g/mol. The minimum Gasteiger partial charge on any atom is -0.479 e. The Bertz CT molecular complexity index is 681. The molecule has 114 valence electrons. The van der Waals surface area contributed by atoms with Crippen LogP contribution in [0.5, 0.6) is 5.75 Å². The van der Waals surface area contributed by atoms with Crippen molar-refractivity contribution in [1.29, 1.82) is 0 Å². The molecule has 7 heteroatoms. The summed E-state index contributed by atoms with van der Waals surface area (Å²) in [5.74, 6) is -0.821. The Morgan fingerprint density at radius 3 is 2.57 bits per heavy atom. The zero-order valence-corrected chi connectivity index (χ0v) is 13.7. The summed E-state index contributed by atoms with van der Waals surface area (Å²) in [6.07, 6.45) is -1.28. The van der Waals surface area contributed by atoms with Gasteiger partial charge in [-0.15, -0.1) is 11.3 Å². The van der Waals surface area contributed by atoms with Crippen molar-refractivity contribution in [2.24, 2.45) is 0 Å². The number of aliphatic hydroxyl groups is 1. The molecule has 0 fully saturated rings. The molecule has 2 rings (SSSR count). The van der Waals surface area contributed by atoms with Crippen molar-refractivity contribution < 1.29 is 19.7 Å². The van der Waals surface area contributed by atoms with Crippen molar-refractivity contribution in [2.45, 2.75) is 32.5 Å². The molecule has 0 aliphatic rings. The molecule has 0 bridgehead atoms. The number of carboxylic acid groups (broad SMARTS) is 1. The number of hydrogen-bond acceptors (Lipinski definition) is 4. The van der Waals surface area contributed by atoms with Crippen LogP contribution < -0.4 is 4.74 Å². The van der Waals surface area contributed by atoms with Crippen LogP contribution in [-0.4, -0.2) is 22.3 Å². The van der Waals surface area contributed by atoms with Crippen molar-refractivity contribution in [2.75, 3.05) is 0 Å². The number of thiophene rings is 1. The van der Waals surface area contributed by atoms with Crippen molar-refractivity contribution in [3.8, 4) is 5.75 Å². The molecule has 2 unspecified atom stereocenters. The fourth-order valence-corrected chi connectivity index (χ4v) is 3.46. The Morgan fingerprint density at radius 1 is 1.38 bits per heavy atom. The highest BCUT2D eigenvalue weighted by Gasteiger charge is 2.21. The Balaban J connectivity index is 2.50. The van der Waals surface area contributed by atoms with Gasteiger partial charge in [0.15, 0.2) is 6.10 Å². The number of halogens is 2. The van der Waals surface area contributed by atoms with E-state index in [4.69, 9.17) is 33.0 Å². The van der Waals surface area contributed by atoms with Gasteiger partial charge in [0, 0.05) is 4.88 Å². The fourth-order valence-electron chi connectivity index (χ4n) is 1.87. The molecule has 1 aromatic heterocycles. The monoisotopic (exact) mass is 348 g/mol. The van der Waals surface area contributed by atoms with Gasteiger partial charge in [-0.1, -0.05) is 30.1 Å². The van der Waals surface area contributed by atoms with Gasteiger partial charge in [-0.2, -0.15) is 0 Å². The summed E-state index contributed by atoms with van der Waals surface area (Å²) in [6, 6.07) is 3.44. The number of benzene rings is 1. The van der Waals surface area contributed by atoms with E-state index in [0.717, 1.165) is 15.0 Å². The summed E-state index contributed by atoms with van der Waals surface area (Å²) in [5.41, 5.74) is 0. The molecule has 0 aliphatic carbocycles. The molecule has 0 radical (unpaired) electrons. The Kier molecular flexibility index (Phi) is 4.99. The number of rotatable bonds is 5. The summed E-state index contributed by atoms with van der Waals surface area (Å²) in [5, 5.41) is 19.9. The Hall–Kier alpha value is -1.01. The van der Waals surface area contributed by atoms with E-state index < -0.39 is 18.2 Å². The minimum atomic E-state index is -1.06. The van der Waals surface area contributed by atoms with Crippen LogP contribution >= 0.6 is 34.5 Å². The van der Waals surface area contributed by atoms with Crippen LogP contribution in [0.1, 0.15) is 31.2 Å². The third-order valence-corrected chi connectivity index (χ3v) is 5.30. The fraction of sp³-hybridized carbons (Fsp3) is 0.357. The zero-order valence-electron chi connectivity index (χ0n) is 11.4. The quantitative estimate of drug-likeness (QED) is 0.834. The topological polar surface area (TPSA) is 66.8 Å². The van der Waals surface area contributed by atoms with Crippen LogP contribution in [0.15, 0.2) is 12.1 Å². The average molecular weight is 349 g/mol. The minimum absolute atomic E-state index is 0.183. The van der Waals surface area contributed by atoms with Crippen LogP contribution in [0.4, 0.5) is 0 Å². The van der Waals surface area contributed by atoms with Crippen LogP contribution in [0.3, 0.4) is 0 Å². The lowest BCUT2D eigenvalue weighted by Crippen LogP contribution is -2.26. The highest BCUT2D eigenvalue weighted by atomic mass is 35.5. The van der Waals surface area contributed by atoms with E-state index in [9.17, 15) is 9.90 Å². The summed E-state index contributed by atoms with van der Waals surface area (Å²) in [7, 11) is 0. The van der Waals surface area contributed by atoms with Gasteiger partial charge in [-0.25, -0.2) is 4.79 Å². The first-order chi connectivity index (χ1) is 9.85. The molecule has 21 heavy (non-hydrogen) atoms. The maximum atomic E-state index is 11.1. The van der Waals surface area contributed by atoms with Gasteiger partial charge in [-0.05, 0) is 30.9 Å². The largest absolute Gasteiger partial charge is 0.479 e. The lowest BCUT2D eigenvalue weighted by molar-refractivity contribution is -0.145. The van der Waals surface area contributed by atoms with Gasteiger partial charge in [0.25, 0.3) is 0 Å². The van der Waals surface area contributed by atoms with Gasteiger partial charge in [-0.3, -0.25) is 0 Å². The molecule has 4 nitrogen and oxygen atoms in total. The van der Waals surface area contributed by atoms with E-state index in [1.165, 1.54) is 11.3 Å². The number of aliphatic hydroxyl groups excluding tert-OH is 1. The van der Waals surface area contributed by atoms with Crippen molar-refractivity contribution in [3.05, 3.63) is 27.1 Å². The van der Waals surface area contributed by atoms with Gasteiger partial charge in [0.1, 0.15) is 10.8 Å². The number of aliphatic carboxylic acids is 1. The third kappa shape index (κ3) is 3.26. The summed E-state index contributed by atoms with van der Waals surface area (Å²) < 4.78 is 6.18. The average Bonchev–Trinajstić information content (AvgIpc) is 2.85. The van der Waals surface area contributed by atoms with E-state index in [2.05, 4.69) is 0 Å². The molecule has 1 heterocycles. The number of carbonyl (C=O) groups is 1.